The highest BCUT2D eigenvalue weighted by atomic mass is 79.9. The van der Waals surface area contributed by atoms with Crippen molar-refractivity contribution in [1.82, 2.24) is 5.32 Å². The lowest BCUT2D eigenvalue weighted by Crippen LogP contribution is -2.28. The molecule has 1 unspecified atom stereocenters. The van der Waals surface area contributed by atoms with Crippen LogP contribution in [0.2, 0.25) is 0 Å². The van der Waals surface area contributed by atoms with E-state index in [9.17, 15) is 9.59 Å². The van der Waals surface area contributed by atoms with Gasteiger partial charge in [0.1, 0.15) is 0 Å². The number of nitrogens with one attached hydrogen (secondary N) is 1. The van der Waals surface area contributed by atoms with Crippen LogP contribution in [0.4, 0.5) is 0 Å². The van der Waals surface area contributed by atoms with E-state index < -0.39 is 11.9 Å². The van der Waals surface area contributed by atoms with Crippen LogP contribution in [-0.4, -0.2) is 17.0 Å². The molecule has 0 aliphatic heterocycles. The van der Waals surface area contributed by atoms with E-state index in [0.717, 1.165) is 10.0 Å². The highest BCUT2D eigenvalue weighted by Crippen LogP contribution is 2.23. The summed E-state index contributed by atoms with van der Waals surface area (Å²) in [5.74, 6) is -1.52. The molecular formula is C16H14BrNO3. The first-order valence-electron chi connectivity index (χ1n) is 6.38. The number of hydrogen-bond acceptors (Lipinski definition) is 2. The highest BCUT2D eigenvalue weighted by molar-refractivity contribution is 9.10. The van der Waals surface area contributed by atoms with Gasteiger partial charge in [-0.15, -0.1) is 0 Å². The third-order valence-electron chi connectivity index (χ3n) is 3.12. The molecule has 21 heavy (non-hydrogen) atoms. The second-order valence-corrected chi connectivity index (χ2v) is 5.42. The molecule has 108 valence electrons. The largest absolute Gasteiger partial charge is 0.478 e. The number of amides is 1. The van der Waals surface area contributed by atoms with Gasteiger partial charge in [0.15, 0.2) is 0 Å². The minimum atomic E-state index is -1.12. The van der Waals surface area contributed by atoms with Crippen molar-refractivity contribution in [3.63, 3.8) is 0 Å². The Balaban J connectivity index is 2.23. The van der Waals surface area contributed by atoms with Crippen LogP contribution >= 0.6 is 15.9 Å². The van der Waals surface area contributed by atoms with Crippen molar-refractivity contribution in [2.24, 2.45) is 0 Å². The van der Waals surface area contributed by atoms with Gasteiger partial charge in [-0.2, -0.15) is 0 Å². The lowest BCUT2D eigenvalue weighted by molar-refractivity contribution is 0.0690. The zero-order valence-corrected chi connectivity index (χ0v) is 12.9. The molecule has 0 bridgehead atoms. The normalized spacial score (nSPS) is 11.7. The average molecular weight is 348 g/mol. The van der Waals surface area contributed by atoms with Gasteiger partial charge in [-0.05, 0) is 30.7 Å². The molecule has 0 aliphatic carbocycles. The first-order valence-corrected chi connectivity index (χ1v) is 7.17. The lowest BCUT2D eigenvalue weighted by atomic mass is 10.0. The Kier molecular flexibility index (Phi) is 4.75. The second-order valence-electron chi connectivity index (χ2n) is 4.57. The van der Waals surface area contributed by atoms with Gasteiger partial charge < -0.3 is 10.4 Å². The van der Waals surface area contributed by atoms with Crippen molar-refractivity contribution >= 4 is 27.8 Å². The Morgan fingerprint density at radius 3 is 2.24 bits per heavy atom. The maximum Gasteiger partial charge on any atom is 0.336 e. The van der Waals surface area contributed by atoms with E-state index in [0.29, 0.717) is 0 Å². The number of carbonyl (C=O) groups excluding carboxylic acids is 1. The number of benzene rings is 2. The van der Waals surface area contributed by atoms with Crippen LogP contribution in [0.5, 0.6) is 0 Å². The van der Waals surface area contributed by atoms with E-state index in [-0.39, 0.29) is 17.2 Å². The summed E-state index contributed by atoms with van der Waals surface area (Å²) in [7, 11) is 0. The summed E-state index contributed by atoms with van der Waals surface area (Å²) >= 11 is 3.44. The summed E-state index contributed by atoms with van der Waals surface area (Å²) in [5, 5.41) is 11.9. The number of carboxylic acid groups (broad SMARTS) is 1. The summed E-state index contributed by atoms with van der Waals surface area (Å²) in [6, 6.07) is 13.5. The van der Waals surface area contributed by atoms with Gasteiger partial charge >= 0.3 is 5.97 Å². The van der Waals surface area contributed by atoms with Crippen molar-refractivity contribution in [3.05, 3.63) is 69.7 Å². The Labute approximate surface area is 130 Å². The molecule has 2 N–H and O–H groups in total. The Morgan fingerprint density at radius 2 is 1.62 bits per heavy atom. The third-order valence-corrected chi connectivity index (χ3v) is 3.84. The lowest BCUT2D eigenvalue weighted by Gasteiger charge is -2.16. The molecule has 5 heteroatoms. The van der Waals surface area contributed by atoms with Crippen molar-refractivity contribution in [2.45, 2.75) is 13.0 Å². The van der Waals surface area contributed by atoms with Crippen LogP contribution in [0.15, 0.2) is 53.0 Å². The first kappa shape index (κ1) is 15.3. The zero-order valence-electron chi connectivity index (χ0n) is 11.3. The number of rotatable bonds is 4. The molecule has 0 aliphatic rings. The number of aromatic carboxylic acids is 1. The average Bonchev–Trinajstić information content (AvgIpc) is 2.47. The van der Waals surface area contributed by atoms with Gasteiger partial charge in [-0.3, -0.25) is 4.79 Å². The minimum Gasteiger partial charge on any atom is -0.478 e. The van der Waals surface area contributed by atoms with E-state index in [1.807, 2.05) is 31.2 Å². The molecule has 0 fully saturated rings. The number of carboxylic acids is 1. The molecule has 0 heterocycles. The molecule has 0 spiro atoms. The third kappa shape index (κ3) is 3.49. The second kappa shape index (κ2) is 6.54. The van der Waals surface area contributed by atoms with E-state index in [1.165, 1.54) is 12.1 Å². The van der Waals surface area contributed by atoms with Crippen LogP contribution in [-0.2, 0) is 0 Å². The number of carbonyl (C=O) groups is 2. The van der Waals surface area contributed by atoms with E-state index in [1.54, 1.807) is 12.1 Å². The summed E-state index contributed by atoms with van der Waals surface area (Å²) < 4.78 is 0.893. The predicted octanol–water partition coefficient (Wildman–Crippen LogP) is 3.64. The van der Waals surface area contributed by atoms with Crippen LogP contribution in [0.25, 0.3) is 0 Å². The minimum absolute atomic E-state index is 0.00525. The topological polar surface area (TPSA) is 66.4 Å². The summed E-state index contributed by atoms with van der Waals surface area (Å²) in [5.41, 5.74) is 1.08. The molecule has 4 nitrogen and oxygen atoms in total. The smallest absolute Gasteiger partial charge is 0.336 e. The predicted molar refractivity (Wildman–Crippen MR) is 83.4 cm³/mol. The van der Waals surface area contributed by atoms with Crippen molar-refractivity contribution in [2.75, 3.05) is 0 Å². The molecule has 0 saturated carbocycles. The Morgan fingerprint density at radius 1 is 1.05 bits per heavy atom. The fraction of sp³-hybridized carbons (Fsp3) is 0.125. The van der Waals surface area contributed by atoms with Gasteiger partial charge in [-0.1, -0.05) is 46.3 Å². The monoisotopic (exact) mass is 347 g/mol. The molecule has 1 atom stereocenters. The Hall–Kier alpha value is -2.14. The van der Waals surface area contributed by atoms with Crippen LogP contribution in [0, 0.1) is 0 Å². The van der Waals surface area contributed by atoms with Crippen LogP contribution < -0.4 is 5.32 Å². The molecular weight excluding hydrogens is 334 g/mol. The summed E-state index contributed by atoms with van der Waals surface area (Å²) in [6.45, 7) is 1.85. The van der Waals surface area contributed by atoms with E-state index in [4.69, 9.17) is 5.11 Å². The number of hydrogen-bond donors (Lipinski definition) is 2. The van der Waals surface area contributed by atoms with Crippen molar-refractivity contribution in [1.29, 1.82) is 0 Å². The summed E-state index contributed by atoms with van der Waals surface area (Å²) in [4.78, 5) is 23.4. The van der Waals surface area contributed by atoms with Crippen molar-refractivity contribution < 1.29 is 14.7 Å². The zero-order chi connectivity index (χ0) is 15.4. The highest BCUT2D eigenvalue weighted by Gasteiger charge is 2.18. The van der Waals surface area contributed by atoms with Crippen LogP contribution in [0.3, 0.4) is 0 Å². The fourth-order valence-electron chi connectivity index (χ4n) is 2.05. The van der Waals surface area contributed by atoms with Gasteiger partial charge in [0.2, 0.25) is 0 Å². The number of halogens is 1. The molecule has 2 aromatic rings. The van der Waals surface area contributed by atoms with E-state index >= 15 is 0 Å². The first-order chi connectivity index (χ1) is 10.0. The van der Waals surface area contributed by atoms with Crippen molar-refractivity contribution in [3.8, 4) is 0 Å². The van der Waals surface area contributed by atoms with Gasteiger partial charge in [0.05, 0.1) is 17.2 Å². The molecule has 0 aromatic heterocycles. The van der Waals surface area contributed by atoms with Gasteiger partial charge in [0, 0.05) is 4.47 Å². The van der Waals surface area contributed by atoms with Gasteiger partial charge in [-0.25, -0.2) is 4.79 Å². The maximum absolute atomic E-state index is 12.3. The molecule has 2 rings (SSSR count). The molecule has 0 saturated heterocycles. The van der Waals surface area contributed by atoms with Gasteiger partial charge in [0.25, 0.3) is 5.91 Å². The summed E-state index contributed by atoms with van der Waals surface area (Å²) in [6.07, 6.45) is 0. The molecule has 2 aromatic carbocycles. The standard InChI is InChI=1S/C16H14BrNO3/c1-10(11-6-4-5-9-14(11)17)18-15(19)12-7-2-3-8-13(12)16(20)21/h2-10H,1H3,(H,18,19)(H,20,21). The SMILES string of the molecule is CC(NC(=O)c1ccccc1C(=O)O)c1ccccc1Br. The molecule has 0 radical (unpaired) electrons. The molecule has 1 amide bonds. The Bertz CT molecular complexity index is 685. The quantitative estimate of drug-likeness (QED) is 0.887. The van der Waals surface area contributed by atoms with E-state index in [2.05, 4.69) is 21.2 Å². The fourth-order valence-corrected chi connectivity index (χ4v) is 2.67. The van der Waals surface area contributed by atoms with Crippen LogP contribution in [0.1, 0.15) is 39.2 Å². The maximum atomic E-state index is 12.3.